The number of aromatic nitrogens is 4. The van der Waals surface area contributed by atoms with Crippen molar-refractivity contribution in [1.29, 1.82) is 0 Å². The van der Waals surface area contributed by atoms with Gasteiger partial charge in [-0.2, -0.15) is 0 Å². The Morgan fingerprint density at radius 3 is 1.58 bits per heavy atom. The quantitative estimate of drug-likeness (QED) is 0.691. The van der Waals surface area contributed by atoms with Crippen LogP contribution in [0.15, 0.2) is 24.3 Å². The van der Waals surface area contributed by atoms with Crippen LogP contribution >= 0.6 is 34.8 Å². The standard InChI is InChI=1S/C10H14ClN3O.C6H13NO.C4H2Cl2N2/c1-15-8-4-6-14(7-5-8)10-3-2-9(11)12-13-10;1-8-6-2-4-7-5-3-6;5-3-1-2-4(6)8-7-3/h2-3,8H,4-7H2,1H3;6-7H,2-5H2,1H3;1-2H. The molecule has 11 heteroatoms. The van der Waals surface area contributed by atoms with E-state index in [-0.39, 0.29) is 0 Å². The van der Waals surface area contributed by atoms with Crippen molar-refractivity contribution in [1.82, 2.24) is 25.7 Å². The van der Waals surface area contributed by atoms with E-state index >= 15 is 0 Å². The third-order valence-electron chi connectivity index (χ3n) is 4.94. The molecule has 4 heterocycles. The Hall–Kier alpha value is -1.29. The van der Waals surface area contributed by atoms with Gasteiger partial charge in [-0.05, 0) is 63.0 Å². The topological polar surface area (TPSA) is 85.3 Å². The number of ether oxygens (including phenoxy) is 2. The predicted molar refractivity (Wildman–Crippen MR) is 124 cm³/mol. The van der Waals surface area contributed by atoms with Gasteiger partial charge in [-0.25, -0.2) is 0 Å². The number of halogens is 3. The van der Waals surface area contributed by atoms with E-state index in [9.17, 15) is 0 Å². The molecule has 0 bridgehead atoms. The molecule has 2 aliphatic rings. The third kappa shape index (κ3) is 10.2. The summed E-state index contributed by atoms with van der Waals surface area (Å²) in [6.07, 6.45) is 5.35. The monoisotopic (exact) mass is 490 g/mol. The Morgan fingerprint density at radius 2 is 1.19 bits per heavy atom. The smallest absolute Gasteiger partial charge is 0.151 e. The highest BCUT2D eigenvalue weighted by Crippen LogP contribution is 2.19. The highest BCUT2D eigenvalue weighted by Gasteiger charge is 2.19. The Morgan fingerprint density at radius 1 is 0.742 bits per heavy atom. The maximum Gasteiger partial charge on any atom is 0.151 e. The summed E-state index contributed by atoms with van der Waals surface area (Å²) in [5.41, 5.74) is 0. The summed E-state index contributed by atoms with van der Waals surface area (Å²) in [7, 11) is 3.55. The van der Waals surface area contributed by atoms with E-state index in [2.05, 4.69) is 30.6 Å². The molecule has 0 aromatic carbocycles. The normalized spacial score (nSPS) is 17.3. The van der Waals surface area contributed by atoms with Crippen LogP contribution in [-0.4, -0.2) is 73.0 Å². The van der Waals surface area contributed by atoms with Gasteiger partial charge in [0.2, 0.25) is 0 Å². The van der Waals surface area contributed by atoms with E-state index in [4.69, 9.17) is 44.3 Å². The van der Waals surface area contributed by atoms with E-state index in [1.165, 1.54) is 12.8 Å². The Labute approximate surface area is 198 Å². The Balaban J connectivity index is 0.000000181. The van der Waals surface area contributed by atoms with Crippen molar-refractivity contribution in [3.63, 3.8) is 0 Å². The van der Waals surface area contributed by atoms with Crippen molar-refractivity contribution in [2.75, 3.05) is 45.3 Å². The first kappa shape index (κ1) is 26.0. The zero-order valence-electron chi connectivity index (χ0n) is 17.8. The fourth-order valence-corrected chi connectivity index (χ4v) is 3.43. The maximum atomic E-state index is 5.68. The molecule has 31 heavy (non-hydrogen) atoms. The average Bonchev–Trinajstić information content (AvgIpc) is 2.83. The van der Waals surface area contributed by atoms with Crippen molar-refractivity contribution in [3.05, 3.63) is 39.7 Å². The van der Waals surface area contributed by atoms with Gasteiger partial charge in [0.25, 0.3) is 0 Å². The number of rotatable bonds is 3. The number of piperidine rings is 2. The summed E-state index contributed by atoms with van der Waals surface area (Å²) < 4.78 is 10.5. The Bertz CT molecular complexity index is 704. The fraction of sp³-hybridized carbons (Fsp3) is 0.600. The molecule has 2 aromatic heterocycles. The van der Waals surface area contributed by atoms with Crippen LogP contribution in [-0.2, 0) is 9.47 Å². The van der Waals surface area contributed by atoms with Crippen molar-refractivity contribution in [3.8, 4) is 0 Å². The van der Waals surface area contributed by atoms with Crippen molar-refractivity contribution in [2.24, 2.45) is 0 Å². The highest BCUT2D eigenvalue weighted by atomic mass is 35.5. The van der Waals surface area contributed by atoms with Crippen LogP contribution in [0.25, 0.3) is 0 Å². The predicted octanol–water partition coefficient (Wildman–Crippen LogP) is 3.91. The fourth-order valence-electron chi connectivity index (χ4n) is 3.13. The summed E-state index contributed by atoms with van der Waals surface area (Å²) in [6, 6.07) is 6.84. The van der Waals surface area contributed by atoms with Crippen LogP contribution in [0.4, 0.5) is 5.82 Å². The molecule has 0 spiro atoms. The first-order valence-electron chi connectivity index (χ1n) is 10.2. The second kappa shape index (κ2) is 14.7. The zero-order valence-corrected chi connectivity index (χ0v) is 20.1. The molecular formula is C20H29Cl3N6O2. The van der Waals surface area contributed by atoms with Gasteiger partial charge in [-0.15, -0.1) is 20.4 Å². The Kier molecular flexibility index (Phi) is 12.3. The molecule has 1 N–H and O–H groups in total. The molecule has 172 valence electrons. The average molecular weight is 492 g/mol. The SMILES string of the molecule is COC1CCN(c2ccc(Cl)nn2)CC1.COC1CCNCC1.Clc1ccc(Cl)nn1. The van der Waals surface area contributed by atoms with Gasteiger partial charge in [0.05, 0.1) is 12.2 Å². The number of methoxy groups -OCH3 is 2. The minimum Gasteiger partial charge on any atom is -0.381 e. The van der Waals surface area contributed by atoms with Crippen molar-refractivity contribution >= 4 is 40.6 Å². The lowest BCUT2D eigenvalue weighted by Crippen LogP contribution is -2.37. The third-order valence-corrected chi connectivity index (χ3v) is 5.54. The highest BCUT2D eigenvalue weighted by molar-refractivity contribution is 6.31. The molecule has 0 saturated carbocycles. The largest absolute Gasteiger partial charge is 0.381 e. The number of nitrogens with zero attached hydrogens (tertiary/aromatic N) is 5. The molecular weight excluding hydrogens is 463 g/mol. The minimum atomic E-state index is 0.356. The van der Waals surface area contributed by atoms with E-state index in [0.717, 1.165) is 44.8 Å². The maximum absolute atomic E-state index is 5.68. The van der Waals surface area contributed by atoms with Gasteiger partial charge in [-0.1, -0.05) is 34.8 Å². The number of nitrogens with one attached hydrogen (secondary N) is 1. The van der Waals surface area contributed by atoms with Gasteiger partial charge in [0.1, 0.15) is 0 Å². The van der Waals surface area contributed by atoms with Gasteiger partial charge >= 0.3 is 0 Å². The lowest BCUT2D eigenvalue weighted by Gasteiger charge is -2.31. The van der Waals surface area contributed by atoms with Crippen LogP contribution in [0.2, 0.25) is 15.5 Å². The molecule has 0 aliphatic carbocycles. The second-order valence-electron chi connectivity index (χ2n) is 7.00. The van der Waals surface area contributed by atoms with Crippen LogP contribution in [0.5, 0.6) is 0 Å². The molecule has 0 atom stereocenters. The zero-order chi connectivity index (χ0) is 22.5. The van der Waals surface area contributed by atoms with Gasteiger partial charge in [0, 0.05) is 27.3 Å². The molecule has 8 nitrogen and oxygen atoms in total. The van der Waals surface area contributed by atoms with Crippen molar-refractivity contribution < 1.29 is 9.47 Å². The summed E-state index contributed by atoms with van der Waals surface area (Å²) in [6.45, 7) is 4.18. The van der Waals surface area contributed by atoms with Crippen LogP contribution in [0.1, 0.15) is 25.7 Å². The molecule has 0 radical (unpaired) electrons. The molecule has 2 aromatic rings. The first-order chi connectivity index (χ1) is 15.0. The van der Waals surface area contributed by atoms with E-state index in [1.54, 1.807) is 32.4 Å². The minimum absolute atomic E-state index is 0.356. The second-order valence-corrected chi connectivity index (χ2v) is 8.16. The number of hydrogen-bond donors (Lipinski definition) is 1. The summed E-state index contributed by atoms with van der Waals surface area (Å²) in [4.78, 5) is 2.21. The van der Waals surface area contributed by atoms with Gasteiger partial charge in [0.15, 0.2) is 21.3 Å². The van der Waals surface area contributed by atoms with Crippen LogP contribution in [0.3, 0.4) is 0 Å². The van der Waals surface area contributed by atoms with E-state index in [1.807, 2.05) is 6.07 Å². The molecule has 0 unspecified atom stereocenters. The summed E-state index contributed by atoms with van der Waals surface area (Å²) in [5.74, 6) is 0.897. The number of hydrogen-bond acceptors (Lipinski definition) is 8. The lowest BCUT2D eigenvalue weighted by molar-refractivity contribution is 0.0765. The van der Waals surface area contributed by atoms with Gasteiger partial charge in [-0.3, -0.25) is 0 Å². The first-order valence-corrected chi connectivity index (χ1v) is 11.3. The van der Waals surface area contributed by atoms with Crippen LogP contribution in [0, 0.1) is 0 Å². The molecule has 0 amide bonds. The van der Waals surface area contributed by atoms with E-state index in [0.29, 0.717) is 27.7 Å². The van der Waals surface area contributed by atoms with Crippen molar-refractivity contribution in [2.45, 2.75) is 37.9 Å². The lowest BCUT2D eigenvalue weighted by atomic mass is 10.1. The molecule has 2 fully saturated rings. The number of anilines is 1. The summed E-state index contributed by atoms with van der Waals surface area (Å²) in [5, 5.41) is 19.2. The molecule has 4 rings (SSSR count). The summed E-state index contributed by atoms with van der Waals surface area (Å²) >= 11 is 16.4. The van der Waals surface area contributed by atoms with E-state index < -0.39 is 0 Å². The molecule has 2 saturated heterocycles. The molecule has 2 aliphatic heterocycles. The van der Waals surface area contributed by atoms with Crippen LogP contribution < -0.4 is 10.2 Å². The van der Waals surface area contributed by atoms with Gasteiger partial charge < -0.3 is 19.7 Å².